The number of nitrogens with zero attached hydrogens (tertiary/aromatic N) is 2. The number of para-hydroxylation sites is 1. The summed E-state index contributed by atoms with van der Waals surface area (Å²) in [7, 11) is 0. The van der Waals surface area contributed by atoms with Crippen molar-refractivity contribution in [3.63, 3.8) is 0 Å². The van der Waals surface area contributed by atoms with Crippen LogP contribution in [-0.2, 0) is 5.75 Å². The number of fused-ring (bicyclic) bond motifs is 1. The van der Waals surface area contributed by atoms with Gasteiger partial charge in [-0.2, -0.15) is 0 Å². The van der Waals surface area contributed by atoms with Crippen molar-refractivity contribution in [2.24, 2.45) is 0 Å². The van der Waals surface area contributed by atoms with Crippen molar-refractivity contribution in [1.82, 2.24) is 15.2 Å². The number of aromatic amines is 1. The van der Waals surface area contributed by atoms with Crippen LogP contribution in [0.5, 0.6) is 0 Å². The van der Waals surface area contributed by atoms with Crippen LogP contribution in [0.2, 0.25) is 0 Å². The van der Waals surface area contributed by atoms with Gasteiger partial charge < -0.3 is 9.40 Å². The van der Waals surface area contributed by atoms with Crippen molar-refractivity contribution < 1.29 is 13.2 Å². The molecule has 4 rings (SSSR count). The van der Waals surface area contributed by atoms with Crippen molar-refractivity contribution >= 4 is 22.7 Å². The molecule has 0 aliphatic rings. The lowest BCUT2D eigenvalue weighted by Gasteiger charge is -2.00. The van der Waals surface area contributed by atoms with Gasteiger partial charge in [-0.25, -0.2) is 8.78 Å². The summed E-state index contributed by atoms with van der Waals surface area (Å²) < 4.78 is 32.2. The average molecular weight is 343 g/mol. The first kappa shape index (κ1) is 14.9. The Morgan fingerprint density at radius 1 is 1.08 bits per heavy atom. The lowest BCUT2D eigenvalue weighted by molar-refractivity contribution is 0.466. The maximum Gasteiger partial charge on any atom is 0.277 e. The van der Waals surface area contributed by atoms with Crippen molar-refractivity contribution in [2.45, 2.75) is 11.0 Å². The number of nitrogens with one attached hydrogen (secondary N) is 1. The number of hydrogen-bond donors (Lipinski definition) is 1. The molecule has 0 unspecified atom stereocenters. The molecule has 120 valence electrons. The normalized spacial score (nSPS) is 11.2. The third kappa shape index (κ3) is 2.78. The van der Waals surface area contributed by atoms with Crippen LogP contribution in [-0.4, -0.2) is 15.2 Å². The van der Waals surface area contributed by atoms with E-state index in [1.165, 1.54) is 23.9 Å². The van der Waals surface area contributed by atoms with Gasteiger partial charge in [-0.1, -0.05) is 36.0 Å². The van der Waals surface area contributed by atoms with E-state index in [4.69, 9.17) is 4.42 Å². The van der Waals surface area contributed by atoms with Crippen LogP contribution in [0.3, 0.4) is 0 Å². The molecule has 24 heavy (non-hydrogen) atoms. The van der Waals surface area contributed by atoms with Gasteiger partial charge in [0.15, 0.2) is 0 Å². The summed E-state index contributed by atoms with van der Waals surface area (Å²) in [5.41, 5.74) is 2.18. The molecule has 7 heteroatoms. The molecule has 0 spiro atoms. The topological polar surface area (TPSA) is 54.7 Å². The summed E-state index contributed by atoms with van der Waals surface area (Å²) in [5.74, 6) is -0.504. The first-order chi connectivity index (χ1) is 11.7. The van der Waals surface area contributed by atoms with Gasteiger partial charge in [-0.05, 0) is 17.7 Å². The van der Waals surface area contributed by atoms with E-state index in [2.05, 4.69) is 15.2 Å². The Kier molecular flexibility index (Phi) is 3.78. The molecule has 0 radical (unpaired) electrons. The monoisotopic (exact) mass is 343 g/mol. The highest BCUT2D eigenvalue weighted by Crippen LogP contribution is 2.30. The van der Waals surface area contributed by atoms with Gasteiger partial charge >= 0.3 is 0 Å². The molecule has 0 saturated carbocycles. The zero-order chi connectivity index (χ0) is 16.5. The minimum Gasteiger partial charge on any atom is -0.411 e. The standard InChI is InChI=1S/C17H11F2N3OS/c18-11-6-5-10(14(19)7-11)9-24-17-22-21-16(23-17)13-8-20-15-4-2-1-3-12(13)15/h1-8,20H,9H2. The van der Waals surface area contributed by atoms with Crippen LogP contribution in [0.1, 0.15) is 5.56 Å². The quantitative estimate of drug-likeness (QED) is 0.541. The minimum atomic E-state index is -0.597. The molecule has 2 aromatic heterocycles. The second-order valence-corrected chi connectivity index (χ2v) is 6.07. The number of halogens is 2. The zero-order valence-electron chi connectivity index (χ0n) is 12.3. The molecule has 2 aromatic carbocycles. The van der Waals surface area contributed by atoms with E-state index in [-0.39, 0.29) is 5.75 Å². The molecule has 0 bridgehead atoms. The maximum absolute atomic E-state index is 13.6. The number of H-pyrrole nitrogens is 1. The Morgan fingerprint density at radius 3 is 2.83 bits per heavy atom. The maximum atomic E-state index is 13.6. The van der Waals surface area contributed by atoms with Gasteiger partial charge in [0.1, 0.15) is 11.6 Å². The van der Waals surface area contributed by atoms with E-state index in [1.54, 1.807) is 0 Å². The fourth-order valence-corrected chi connectivity index (χ4v) is 3.15. The molecule has 4 nitrogen and oxygen atoms in total. The van der Waals surface area contributed by atoms with Crippen LogP contribution in [0.4, 0.5) is 8.78 Å². The molecular formula is C17H11F2N3OS. The zero-order valence-corrected chi connectivity index (χ0v) is 13.1. The first-order valence-corrected chi connectivity index (χ1v) is 8.16. The lowest BCUT2D eigenvalue weighted by atomic mass is 10.2. The van der Waals surface area contributed by atoms with Crippen molar-refractivity contribution in [3.05, 3.63) is 65.9 Å². The Bertz CT molecular complexity index is 1010. The summed E-state index contributed by atoms with van der Waals surface area (Å²) in [6.07, 6.45) is 1.81. The molecule has 0 aliphatic carbocycles. The van der Waals surface area contributed by atoms with Crippen molar-refractivity contribution in [1.29, 1.82) is 0 Å². The highest BCUT2D eigenvalue weighted by molar-refractivity contribution is 7.98. The molecule has 2 heterocycles. The molecule has 1 N–H and O–H groups in total. The predicted molar refractivity (Wildman–Crippen MR) is 87.5 cm³/mol. The van der Waals surface area contributed by atoms with Crippen LogP contribution >= 0.6 is 11.8 Å². The van der Waals surface area contributed by atoms with Crippen LogP contribution in [0.15, 0.2) is 58.3 Å². The highest BCUT2D eigenvalue weighted by Gasteiger charge is 2.14. The summed E-state index contributed by atoms with van der Waals surface area (Å²) in [6, 6.07) is 11.3. The van der Waals surface area contributed by atoms with Gasteiger partial charge in [-0.3, -0.25) is 0 Å². The van der Waals surface area contributed by atoms with Crippen LogP contribution < -0.4 is 0 Å². The number of aromatic nitrogens is 3. The Balaban J connectivity index is 1.55. The second kappa shape index (κ2) is 6.09. The summed E-state index contributed by atoms with van der Waals surface area (Å²) in [4.78, 5) is 3.15. The first-order valence-electron chi connectivity index (χ1n) is 7.17. The van der Waals surface area contributed by atoms with E-state index in [0.29, 0.717) is 16.7 Å². The number of benzene rings is 2. The molecule has 0 atom stereocenters. The van der Waals surface area contributed by atoms with E-state index in [9.17, 15) is 8.78 Å². The van der Waals surface area contributed by atoms with E-state index in [0.717, 1.165) is 22.5 Å². The van der Waals surface area contributed by atoms with E-state index >= 15 is 0 Å². The number of rotatable bonds is 4. The van der Waals surface area contributed by atoms with Gasteiger partial charge in [0.25, 0.3) is 11.1 Å². The summed E-state index contributed by atoms with van der Waals surface area (Å²) in [5, 5.41) is 9.34. The van der Waals surface area contributed by atoms with Crippen molar-refractivity contribution in [2.75, 3.05) is 0 Å². The fourth-order valence-electron chi connectivity index (χ4n) is 2.40. The summed E-state index contributed by atoms with van der Waals surface area (Å²) in [6.45, 7) is 0. The Morgan fingerprint density at radius 2 is 1.96 bits per heavy atom. The molecule has 0 aliphatic heterocycles. The van der Waals surface area contributed by atoms with E-state index < -0.39 is 11.6 Å². The largest absolute Gasteiger partial charge is 0.411 e. The Hall–Kier alpha value is -2.67. The smallest absolute Gasteiger partial charge is 0.277 e. The number of thioether (sulfide) groups is 1. The fraction of sp³-hybridized carbons (Fsp3) is 0.0588. The predicted octanol–water partition coefficient (Wildman–Crippen LogP) is 4.79. The van der Waals surface area contributed by atoms with Gasteiger partial charge in [-0.15, -0.1) is 10.2 Å². The second-order valence-electron chi connectivity index (χ2n) is 5.15. The molecule has 0 fully saturated rings. The summed E-state index contributed by atoms with van der Waals surface area (Å²) >= 11 is 1.20. The Labute approximate surface area is 139 Å². The minimum absolute atomic E-state index is 0.279. The van der Waals surface area contributed by atoms with Gasteiger partial charge in [0, 0.05) is 28.9 Å². The third-order valence-corrected chi connectivity index (χ3v) is 4.46. The van der Waals surface area contributed by atoms with E-state index in [1.807, 2.05) is 30.5 Å². The lowest BCUT2D eigenvalue weighted by Crippen LogP contribution is -1.89. The molecule has 4 aromatic rings. The van der Waals surface area contributed by atoms with Gasteiger partial charge in [0.05, 0.1) is 5.56 Å². The number of hydrogen-bond acceptors (Lipinski definition) is 4. The van der Waals surface area contributed by atoms with Crippen molar-refractivity contribution in [3.8, 4) is 11.5 Å². The van der Waals surface area contributed by atoms with Crippen LogP contribution in [0, 0.1) is 11.6 Å². The molecular weight excluding hydrogens is 332 g/mol. The molecule has 0 amide bonds. The average Bonchev–Trinajstić information content (AvgIpc) is 3.20. The highest BCUT2D eigenvalue weighted by atomic mass is 32.2. The SMILES string of the molecule is Fc1ccc(CSc2nnc(-c3c[nH]c4ccccc34)o2)c(F)c1. The van der Waals surface area contributed by atoms with Gasteiger partial charge in [0.2, 0.25) is 0 Å². The molecule has 0 saturated heterocycles. The third-order valence-electron chi connectivity index (χ3n) is 3.59. The van der Waals surface area contributed by atoms with Crippen LogP contribution in [0.25, 0.3) is 22.4 Å².